The molecular weight excluding hydrogens is 306 g/mol. The van der Waals surface area contributed by atoms with Crippen molar-refractivity contribution in [2.24, 2.45) is 7.05 Å². The standard InChI is InChI=1S/C18H23N3O3/c1-20-11-15(10-19-20)17-7-4-8-21(17)18(22)13-24-12-14-5-3-6-16(9-14)23-2/h3,5-6,9-11,17H,4,7-8,12-13H2,1-2H3. The maximum absolute atomic E-state index is 12.5. The number of hydrogen-bond donors (Lipinski definition) is 0. The van der Waals surface area contributed by atoms with E-state index in [1.54, 1.807) is 11.8 Å². The zero-order chi connectivity index (χ0) is 16.9. The molecule has 1 unspecified atom stereocenters. The fourth-order valence-corrected chi connectivity index (χ4v) is 3.13. The number of hydrogen-bond acceptors (Lipinski definition) is 4. The zero-order valence-corrected chi connectivity index (χ0v) is 14.1. The zero-order valence-electron chi connectivity index (χ0n) is 14.1. The minimum Gasteiger partial charge on any atom is -0.497 e. The first kappa shape index (κ1) is 16.5. The number of amides is 1. The van der Waals surface area contributed by atoms with Crippen LogP contribution < -0.4 is 4.74 Å². The van der Waals surface area contributed by atoms with Gasteiger partial charge in [0.05, 0.1) is 26.0 Å². The summed E-state index contributed by atoms with van der Waals surface area (Å²) < 4.78 is 12.6. The maximum atomic E-state index is 12.5. The summed E-state index contributed by atoms with van der Waals surface area (Å²) in [6, 6.07) is 7.79. The van der Waals surface area contributed by atoms with E-state index >= 15 is 0 Å². The first-order valence-electron chi connectivity index (χ1n) is 8.16. The van der Waals surface area contributed by atoms with Crippen LogP contribution in [0.5, 0.6) is 5.75 Å². The van der Waals surface area contributed by atoms with Gasteiger partial charge in [0.1, 0.15) is 12.4 Å². The van der Waals surface area contributed by atoms with Gasteiger partial charge in [-0.3, -0.25) is 9.48 Å². The van der Waals surface area contributed by atoms with Gasteiger partial charge < -0.3 is 14.4 Å². The second kappa shape index (κ2) is 7.49. The molecule has 1 fully saturated rings. The average molecular weight is 329 g/mol. The molecule has 1 amide bonds. The van der Waals surface area contributed by atoms with Crippen LogP contribution in [-0.2, 0) is 23.2 Å². The van der Waals surface area contributed by atoms with Crippen molar-refractivity contribution in [3.8, 4) is 5.75 Å². The summed E-state index contributed by atoms with van der Waals surface area (Å²) in [7, 11) is 3.53. The molecule has 0 aliphatic carbocycles. The fourth-order valence-electron chi connectivity index (χ4n) is 3.13. The molecule has 1 aromatic heterocycles. The van der Waals surface area contributed by atoms with Crippen molar-refractivity contribution in [1.82, 2.24) is 14.7 Å². The number of likely N-dealkylation sites (tertiary alicyclic amines) is 1. The lowest BCUT2D eigenvalue weighted by Gasteiger charge is -2.23. The van der Waals surface area contributed by atoms with E-state index in [4.69, 9.17) is 9.47 Å². The Kier molecular flexibility index (Phi) is 5.15. The third-order valence-corrected chi connectivity index (χ3v) is 4.31. The monoisotopic (exact) mass is 329 g/mol. The van der Waals surface area contributed by atoms with E-state index in [-0.39, 0.29) is 18.6 Å². The topological polar surface area (TPSA) is 56.6 Å². The van der Waals surface area contributed by atoms with Gasteiger partial charge in [-0.2, -0.15) is 5.10 Å². The predicted molar refractivity (Wildman–Crippen MR) is 89.5 cm³/mol. The smallest absolute Gasteiger partial charge is 0.249 e. The van der Waals surface area contributed by atoms with Crippen molar-refractivity contribution in [2.75, 3.05) is 20.3 Å². The van der Waals surface area contributed by atoms with Gasteiger partial charge in [0.25, 0.3) is 0 Å². The fraction of sp³-hybridized carbons (Fsp3) is 0.444. The van der Waals surface area contributed by atoms with E-state index < -0.39 is 0 Å². The van der Waals surface area contributed by atoms with Crippen LogP contribution in [0.2, 0.25) is 0 Å². The molecule has 0 saturated carbocycles. The Bertz CT molecular complexity index is 698. The number of ether oxygens (including phenoxy) is 2. The minimum atomic E-state index is 0.0317. The number of rotatable bonds is 6. The first-order valence-corrected chi connectivity index (χ1v) is 8.16. The molecule has 1 aliphatic heterocycles. The number of methoxy groups -OCH3 is 1. The van der Waals surface area contributed by atoms with Crippen molar-refractivity contribution in [3.63, 3.8) is 0 Å². The normalized spacial score (nSPS) is 17.2. The number of carbonyl (C=O) groups is 1. The van der Waals surface area contributed by atoms with E-state index in [1.165, 1.54) is 0 Å². The lowest BCUT2D eigenvalue weighted by molar-refractivity contribution is -0.137. The number of nitrogens with zero attached hydrogens (tertiary/aromatic N) is 3. The van der Waals surface area contributed by atoms with Crippen LogP contribution >= 0.6 is 0 Å². The average Bonchev–Trinajstić information content (AvgIpc) is 3.23. The molecule has 1 atom stereocenters. The third kappa shape index (κ3) is 3.76. The van der Waals surface area contributed by atoms with Crippen LogP contribution in [0.4, 0.5) is 0 Å². The van der Waals surface area contributed by atoms with Gasteiger partial charge in [-0.05, 0) is 30.5 Å². The molecule has 24 heavy (non-hydrogen) atoms. The van der Waals surface area contributed by atoms with E-state index in [9.17, 15) is 4.79 Å². The van der Waals surface area contributed by atoms with Crippen LogP contribution in [0.25, 0.3) is 0 Å². The third-order valence-electron chi connectivity index (χ3n) is 4.31. The molecule has 0 N–H and O–H groups in total. The predicted octanol–water partition coefficient (Wildman–Crippen LogP) is 2.31. The van der Waals surface area contributed by atoms with Gasteiger partial charge >= 0.3 is 0 Å². The summed E-state index contributed by atoms with van der Waals surface area (Å²) >= 11 is 0. The van der Waals surface area contributed by atoms with Gasteiger partial charge in [-0.25, -0.2) is 0 Å². The van der Waals surface area contributed by atoms with Gasteiger partial charge in [0.15, 0.2) is 0 Å². The van der Waals surface area contributed by atoms with E-state index in [0.29, 0.717) is 6.61 Å². The molecule has 0 spiro atoms. The molecule has 2 aromatic rings. The molecule has 6 nitrogen and oxygen atoms in total. The molecule has 1 saturated heterocycles. The number of aryl methyl sites for hydroxylation is 1. The maximum Gasteiger partial charge on any atom is 0.249 e. The van der Waals surface area contributed by atoms with Gasteiger partial charge in [0.2, 0.25) is 5.91 Å². The highest BCUT2D eigenvalue weighted by Gasteiger charge is 2.30. The van der Waals surface area contributed by atoms with Crippen molar-refractivity contribution < 1.29 is 14.3 Å². The van der Waals surface area contributed by atoms with Crippen molar-refractivity contribution >= 4 is 5.91 Å². The highest BCUT2D eigenvalue weighted by molar-refractivity contribution is 5.78. The van der Waals surface area contributed by atoms with Crippen LogP contribution in [0.1, 0.15) is 30.0 Å². The Labute approximate surface area is 142 Å². The molecular formula is C18H23N3O3. The Morgan fingerprint density at radius 2 is 2.29 bits per heavy atom. The van der Waals surface area contributed by atoms with Gasteiger partial charge in [-0.1, -0.05) is 12.1 Å². The lowest BCUT2D eigenvalue weighted by Crippen LogP contribution is -2.33. The highest BCUT2D eigenvalue weighted by atomic mass is 16.5. The Hall–Kier alpha value is -2.34. The Balaban J connectivity index is 1.54. The van der Waals surface area contributed by atoms with Crippen LogP contribution in [0.15, 0.2) is 36.7 Å². The van der Waals surface area contributed by atoms with Crippen molar-refractivity contribution in [1.29, 1.82) is 0 Å². The van der Waals surface area contributed by atoms with Gasteiger partial charge in [-0.15, -0.1) is 0 Å². The number of carbonyl (C=O) groups excluding carboxylic acids is 1. The molecule has 0 radical (unpaired) electrons. The SMILES string of the molecule is COc1cccc(COCC(=O)N2CCCC2c2cnn(C)c2)c1. The molecule has 1 aromatic carbocycles. The Morgan fingerprint density at radius 1 is 1.42 bits per heavy atom. The minimum absolute atomic E-state index is 0.0317. The summed E-state index contributed by atoms with van der Waals surface area (Å²) in [6.45, 7) is 1.27. The summed E-state index contributed by atoms with van der Waals surface area (Å²) in [5.74, 6) is 0.822. The molecule has 1 aliphatic rings. The summed E-state index contributed by atoms with van der Waals surface area (Å²) in [5, 5.41) is 4.21. The van der Waals surface area contributed by atoms with Crippen LogP contribution in [0.3, 0.4) is 0 Å². The van der Waals surface area contributed by atoms with Crippen LogP contribution in [-0.4, -0.2) is 40.8 Å². The largest absolute Gasteiger partial charge is 0.497 e. The summed E-state index contributed by atoms with van der Waals surface area (Å²) in [4.78, 5) is 14.4. The van der Waals surface area contributed by atoms with E-state index in [1.807, 2.05) is 48.6 Å². The molecule has 128 valence electrons. The Morgan fingerprint density at radius 3 is 3.04 bits per heavy atom. The van der Waals surface area contributed by atoms with E-state index in [2.05, 4.69) is 5.10 Å². The number of aromatic nitrogens is 2. The molecule has 0 bridgehead atoms. The second-order valence-electron chi connectivity index (χ2n) is 6.04. The van der Waals surface area contributed by atoms with Crippen molar-refractivity contribution in [3.05, 3.63) is 47.8 Å². The highest BCUT2D eigenvalue weighted by Crippen LogP contribution is 2.31. The van der Waals surface area contributed by atoms with E-state index in [0.717, 1.165) is 36.3 Å². The van der Waals surface area contributed by atoms with Gasteiger partial charge in [0, 0.05) is 25.4 Å². The second-order valence-corrected chi connectivity index (χ2v) is 6.04. The first-order chi connectivity index (χ1) is 11.7. The van der Waals surface area contributed by atoms with Crippen LogP contribution in [0, 0.1) is 0 Å². The quantitative estimate of drug-likeness (QED) is 0.816. The summed E-state index contributed by atoms with van der Waals surface area (Å²) in [5.41, 5.74) is 2.09. The van der Waals surface area contributed by atoms with Crippen molar-refractivity contribution in [2.45, 2.75) is 25.5 Å². The lowest BCUT2D eigenvalue weighted by atomic mass is 10.1. The number of benzene rings is 1. The molecule has 6 heteroatoms. The molecule has 2 heterocycles. The summed E-state index contributed by atoms with van der Waals surface area (Å²) in [6.07, 6.45) is 5.81. The molecule has 3 rings (SSSR count).